The summed E-state index contributed by atoms with van der Waals surface area (Å²) in [5.74, 6) is 0.818. The smallest absolute Gasteiger partial charge is 0.382 e. The Hall–Kier alpha value is -2.95. The standard InChI is InChI=1S/C19H21F3N6O2/c1-11-8-27-17(25-28(18(27)29)12(2)10-30-3)24-16(11)26-5-4-15-13(9-26)6-14(7-23-15)19(20,21)22/h6-8,12H,4-5,9-10H2,1-3H3. The monoisotopic (exact) mass is 422 g/mol. The minimum atomic E-state index is -4.44. The first kappa shape index (κ1) is 20.3. The zero-order chi connectivity index (χ0) is 21.6. The number of hydrogen-bond acceptors (Lipinski definition) is 6. The van der Waals surface area contributed by atoms with Crippen LogP contribution < -0.4 is 10.6 Å². The maximum atomic E-state index is 13.1. The van der Waals surface area contributed by atoms with Crippen LogP contribution in [0.15, 0.2) is 23.3 Å². The van der Waals surface area contributed by atoms with E-state index in [0.29, 0.717) is 36.6 Å². The van der Waals surface area contributed by atoms with Crippen molar-refractivity contribution in [1.29, 1.82) is 0 Å². The van der Waals surface area contributed by atoms with Crippen LogP contribution in [-0.2, 0) is 23.9 Å². The lowest BCUT2D eigenvalue weighted by atomic mass is 10.0. The van der Waals surface area contributed by atoms with Crippen LogP contribution in [0.25, 0.3) is 5.78 Å². The van der Waals surface area contributed by atoms with Gasteiger partial charge in [0.1, 0.15) is 5.82 Å². The highest BCUT2D eigenvalue weighted by Gasteiger charge is 2.32. The lowest BCUT2D eigenvalue weighted by Crippen LogP contribution is -2.33. The number of pyridine rings is 1. The van der Waals surface area contributed by atoms with Crippen LogP contribution in [0.5, 0.6) is 0 Å². The first-order valence-electron chi connectivity index (χ1n) is 9.46. The molecule has 4 rings (SSSR count). The average Bonchev–Trinajstić information content (AvgIpc) is 3.02. The van der Waals surface area contributed by atoms with E-state index >= 15 is 0 Å². The zero-order valence-corrected chi connectivity index (χ0v) is 16.8. The van der Waals surface area contributed by atoms with Gasteiger partial charge in [0.25, 0.3) is 5.78 Å². The van der Waals surface area contributed by atoms with Crippen LogP contribution in [0, 0.1) is 6.92 Å². The van der Waals surface area contributed by atoms with Gasteiger partial charge in [0, 0.05) is 50.3 Å². The van der Waals surface area contributed by atoms with Crippen molar-refractivity contribution >= 4 is 11.6 Å². The Labute approximate surface area is 169 Å². The molecule has 0 radical (unpaired) electrons. The second kappa shape index (κ2) is 7.38. The Balaban J connectivity index is 1.70. The van der Waals surface area contributed by atoms with Gasteiger partial charge in [0.15, 0.2) is 0 Å². The van der Waals surface area contributed by atoms with Crippen molar-refractivity contribution in [2.45, 2.75) is 39.0 Å². The summed E-state index contributed by atoms with van der Waals surface area (Å²) >= 11 is 0. The molecule has 1 aliphatic rings. The molecule has 8 nitrogen and oxygen atoms in total. The zero-order valence-electron chi connectivity index (χ0n) is 16.8. The van der Waals surface area contributed by atoms with E-state index in [1.807, 2.05) is 18.7 Å². The summed E-state index contributed by atoms with van der Waals surface area (Å²) in [5.41, 5.74) is 0.827. The van der Waals surface area contributed by atoms with Gasteiger partial charge in [0.05, 0.1) is 18.2 Å². The summed E-state index contributed by atoms with van der Waals surface area (Å²) in [6.07, 6.45) is -1.40. The van der Waals surface area contributed by atoms with Gasteiger partial charge in [-0.3, -0.25) is 4.98 Å². The van der Waals surface area contributed by atoms with E-state index in [1.165, 1.54) is 9.08 Å². The van der Waals surface area contributed by atoms with Gasteiger partial charge in [-0.05, 0) is 25.5 Å². The number of hydrogen-bond donors (Lipinski definition) is 0. The minimum absolute atomic E-state index is 0.233. The van der Waals surface area contributed by atoms with Crippen molar-refractivity contribution in [3.8, 4) is 0 Å². The molecule has 11 heteroatoms. The molecule has 0 amide bonds. The van der Waals surface area contributed by atoms with Crippen molar-refractivity contribution in [2.24, 2.45) is 0 Å². The largest absolute Gasteiger partial charge is 0.417 e. The highest BCUT2D eigenvalue weighted by Crippen LogP contribution is 2.32. The van der Waals surface area contributed by atoms with Crippen LogP contribution in [-0.4, -0.2) is 44.4 Å². The summed E-state index contributed by atoms with van der Waals surface area (Å²) < 4.78 is 47.0. The van der Waals surface area contributed by atoms with Crippen LogP contribution >= 0.6 is 0 Å². The van der Waals surface area contributed by atoms with Crippen LogP contribution in [0.1, 0.15) is 35.3 Å². The summed E-state index contributed by atoms with van der Waals surface area (Å²) in [4.78, 5) is 23.0. The third kappa shape index (κ3) is 3.53. The van der Waals surface area contributed by atoms with Crippen molar-refractivity contribution in [3.63, 3.8) is 0 Å². The van der Waals surface area contributed by atoms with Crippen LogP contribution in [0.2, 0.25) is 0 Å². The number of methoxy groups -OCH3 is 1. The fourth-order valence-electron chi connectivity index (χ4n) is 3.69. The molecule has 1 aliphatic heterocycles. The maximum absolute atomic E-state index is 13.1. The maximum Gasteiger partial charge on any atom is 0.417 e. The van der Waals surface area contributed by atoms with Gasteiger partial charge in [-0.2, -0.15) is 18.2 Å². The van der Waals surface area contributed by atoms with Gasteiger partial charge in [-0.25, -0.2) is 13.9 Å². The molecule has 0 fully saturated rings. The number of aryl methyl sites for hydroxylation is 1. The van der Waals surface area contributed by atoms with Crippen molar-refractivity contribution in [3.05, 3.63) is 51.3 Å². The highest BCUT2D eigenvalue weighted by molar-refractivity contribution is 5.52. The van der Waals surface area contributed by atoms with E-state index in [4.69, 9.17) is 4.74 Å². The van der Waals surface area contributed by atoms with Gasteiger partial charge < -0.3 is 9.64 Å². The molecule has 0 bridgehead atoms. The molecular weight excluding hydrogens is 401 g/mol. The van der Waals surface area contributed by atoms with E-state index < -0.39 is 11.7 Å². The molecular formula is C19H21F3N6O2. The van der Waals surface area contributed by atoms with Gasteiger partial charge in [0.2, 0.25) is 0 Å². The average molecular weight is 422 g/mol. The Morgan fingerprint density at radius 3 is 2.80 bits per heavy atom. The molecule has 0 saturated carbocycles. The van der Waals surface area contributed by atoms with Crippen molar-refractivity contribution < 1.29 is 17.9 Å². The molecule has 1 atom stereocenters. The molecule has 0 saturated heterocycles. The van der Waals surface area contributed by atoms with Gasteiger partial charge in [-0.1, -0.05) is 0 Å². The molecule has 3 aromatic heterocycles. The Morgan fingerprint density at radius 2 is 2.10 bits per heavy atom. The number of halogens is 3. The summed E-state index contributed by atoms with van der Waals surface area (Å²) in [6, 6.07) is 0.885. The summed E-state index contributed by atoms with van der Waals surface area (Å²) in [5, 5.41) is 4.31. The quantitative estimate of drug-likeness (QED) is 0.643. The van der Waals surface area contributed by atoms with E-state index in [0.717, 1.165) is 17.8 Å². The minimum Gasteiger partial charge on any atom is -0.382 e. The number of ether oxygens (including phenoxy) is 1. The Bertz CT molecular complexity index is 1150. The third-order valence-electron chi connectivity index (χ3n) is 5.19. The van der Waals surface area contributed by atoms with Crippen LogP contribution in [0.4, 0.5) is 19.0 Å². The number of nitrogens with zero attached hydrogens (tertiary/aromatic N) is 6. The molecule has 4 heterocycles. The van der Waals surface area contributed by atoms with Crippen LogP contribution in [0.3, 0.4) is 0 Å². The van der Waals surface area contributed by atoms with Crippen molar-refractivity contribution in [2.75, 3.05) is 25.2 Å². The normalized spacial score (nSPS) is 15.5. The molecule has 1 unspecified atom stereocenters. The lowest BCUT2D eigenvalue weighted by molar-refractivity contribution is -0.137. The Kier molecular flexibility index (Phi) is 5.00. The SMILES string of the molecule is COCC(C)n1nc2nc(N3CCc4ncc(C(F)(F)F)cc4C3)c(C)cn2c1=O. The summed E-state index contributed by atoms with van der Waals surface area (Å²) in [6.45, 7) is 4.76. The lowest BCUT2D eigenvalue weighted by Gasteiger charge is -2.30. The third-order valence-corrected chi connectivity index (χ3v) is 5.19. The fourth-order valence-corrected chi connectivity index (χ4v) is 3.69. The number of alkyl halides is 3. The second-order valence-corrected chi connectivity index (χ2v) is 7.45. The predicted molar refractivity (Wildman–Crippen MR) is 103 cm³/mol. The predicted octanol–water partition coefficient (Wildman–Crippen LogP) is 2.38. The molecule has 160 valence electrons. The highest BCUT2D eigenvalue weighted by atomic mass is 19.4. The van der Waals surface area contributed by atoms with Gasteiger partial charge >= 0.3 is 11.9 Å². The number of anilines is 1. The van der Waals surface area contributed by atoms with E-state index in [2.05, 4.69) is 15.1 Å². The molecule has 0 N–H and O–H groups in total. The molecule has 0 aromatic carbocycles. The van der Waals surface area contributed by atoms with E-state index in [-0.39, 0.29) is 24.1 Å². The Morgan fingerprint density at radius 1 is 1.33 bits per heavy atom. The molecule has 0 aliphatic carbocycles. The number of fused-ring (bicyclic) bond motifs is 2. The topological polar surface area (TPSA) is 77.6 Å². The van der Waals surface area contributed by atoms with Gasteiger partial charge in [-0.15, -0.1) is 5.10 Å². The van der Waals surface area contributed by atoms with E-state index in [1.54, 1.807) is 13.3 Å². The molecule has 30 heavy (non-hydrogen) atoms. The second-order valence-electron chi connectivity index (χ2n) is 7.45. The van der Waals surface area contributed by atoms with Crippen molar-refractivity contribution in [1.82, 2.24) is 24.1 Å². The number of rotatable bonds is 4. The molecule has 0 spiro atoms. The fraction of sp³-hybridized carbons (Fsp3) is 0.474. The number of aromatic nitrogens is 5. The van der Waals surface area contributed by atoms with E-state index in [9.17, 15) is 18.0 Å². The first-order valence-corrected chi connectivity index (χ1v) is 9.46. The molecule has 3 aromatic rings. The summed E-state index contributed by atoms with van der Waals surface area (Å²) in [7, 11) is 1.55. The first-order chi connectivity index (χ1) is 14.2.